The van der Waals surface area contributed by atoms with Gasteiger partial charge in [0.15, 0.2) is 5.78 Å². The lowest BCUT2D eigenvalue weighted by atomic mass is 9.94. The molecule has 6 nitrogen and oxygen atoms in total. The number of benzene rings is 1. The molecule has 3 rings (SSSR count). The molecule has 0 aliphatic heterocycles. The van der Waals surface area contributed by atoms with E-state index in [0.29, 0.717) is 23.2 Å². The Hall–Kier alpha value is -1.47. The summed E-state index contributed by atoms with van der Waals surface area (Å²) in [4.78, 5) is 12.2. The Kier molecular flexibility index (Phi) is 7.38. The Bertz CT molecular complexity index is 682. The fourth-order valence-corrected chi connectivity index (χ4v) is 2.94. The molecule has 2 aromatic rings. The smallest absolute Gasteiger partial charge is 0.184 e. The van der Waals surface area contributed by atoms with Gasteiger partial charge < -0.3 is 10.5 Å². The molecule has 1 aromatic heterocycles. The molecule has 1 heterocycles. The summed E-state index contributed by atoms with van der Waals surface area (Å²) in [6, 6.07) is 7.13. The van der Waals surface area contributed by atoms with Gasteiger partial charge >= 0.3 is 0 Å². The SMILES string of the molecule is Cl.NC1CCC(OCc2cn(CC(=O)c3ccc(Cl)cc3)nn2)CC1. The molecule has 1 aromatic carbocycles. The summed E-state index contributed by atoms with van der Waals surface area (Å²) in [7, 11) is 0. The van der Waals surface area contributed by atoms with E-state index in [0.717, 1.165) is 31.4 Å². The number of ketones is 1. The van der Waals surface area contributed by atoms with E-state index in [-0.39, 0.29) is 30.8 Å². The maximum atomic E-state index is 12.2. The van der Waals surface area contributed by atoms with Gasteiger partial charge in [-0.1, -0.05) is 16.8 Å². The summed E-state index contributed by atoms with van der Waals surface area (Å²) < 4.78 is 7.40. The lowest BCUT2D eigenvalue weighted by Crippen LogP contribution is -2.30. The van der Waals surface area contributed by atoms with Crippen molar-refractivity contribution < 1.29 is 9.53 Å². The Balaban J connectivity index is 0.00000225. The highest BCUT2D eigenvalue weighted by atomic mass is 35.5. The third-order valence-corrected chi connectivity index (χ3v) is 4.50. The lowest BCUT2D eigenvalue weighted by Gasteiger charge is -2.25. The highest BCUT2D eigenvalue weighted by molar-refractivity contribution is 6.30. The molecule has 25 heavy (non-hydrogen) atoms. The summed E-state index contributed by atoms with van der Waals surface area (Å²) in [5, 5.41) is 8.67. The minimum atomic E-state index is -0.0368. The minimum absolute atomic E-state index is 0. The van der Waals surface area contributed by atoms with Crippen molar-refractivity contribution in [2.75, 3.05) is 0 Å². The Morgan fingerprint density at radius 1 is 1.24 bits per heavy atom. The van der Waals surface area contributed by atoms with Gasteiger partial charge in [0.2, 0.25) is 0 Å². The molecule has 0 unspecified atom stereocenters. The van der Waals surface area contributed by atoms with Gasteiger partial charge in [-0.25, -0.2) is 4.68 Å². The van der Waals surface area contributed by atoms with Crippen LogP contribution < -0.4 is 5.73 Å². The molecular formula is C17H22Cl2N4O2. The number of hydrogen-bond acceptors (Lipinski definition) is 5. The summed E-state index contributed by atoms with van der Waals surface area (Å²) >= 11 is 5.83. The lowest BCUT2D eigenvalue weighted by molar-refractivity contribution is 0.0122. The van der Waals surface area contributed by atoms with Crippen LogP contribution in [0.4, 0.5) is 0 Å². The van der Waals surface area contributed by atoms with Crippen LogP contribution in [-0.4, -0.2) is 32.9 Å². The first kappa shape index (κ1) is 19.8. The molecule has 1 aliphatic carbocycles. The van der Waals surface area contributed by atoms with E-state index in [1.54, 1.807) is 30.5 Å². The monoisotopic (exact) mass is 384 g/mol. The number of aromatic nitrogens is 3. The van der Waals surface area contributed by atoms with Gasteiger partial charge in [-0.2, -0.15) is 0 Å². The fraction of sp³-hybridized carbons (Fsp3) is 0.471. The third kappa shape index (κ3) is 5.78. The van der Waals surface area contributed by atoms with Crippen molar-refractivity contribution in [1.82, 2.24) is 15.0 Å². The van der Waals surface area contributed by atoms with Crippen molar-refractivity contribution in [3.05, 3.63) is 46.7 Å². The number of halogens is 2. The van der Waals surface area contributed by atoms with Gasteiger partial charge in [0.1, 0.15) is 12.2 Å². The highest BCUT2D eigenvalue weighted by Gasteiger charge is 2.19. The molecule has 0 radical (unpaired) electrons. The topological polar surface area (TPSA) is 83.0 Å². The zero-order valence-corrected chi connectivity index (χ0v) is 15.4. The standard InChI is InChI=1S/C17H21ClN4O2.ClH/c18-13-3-1-12(2-4-13)17(23)10-22-9-15(20-21-22)11-24-16-7-5-14(19)6-8-16;/h1-4,9,14,16H,5-8,10-11,19H2;1H. The number of ether oxygens (including phenoxy) is 1. The van der Waals surface area contributed by atoms with Crippen LogP contribution in [0.15, 0.2) is 30.5 Å². The number of Topliss-reactive ketones (excluding diaryl/α,β-unsaturated/α-hetero) is 1. The molecule has 0 saturated heterocycles. The largest absolute Gasteiger partial charge is 0.372 e. The first-order valence-electron chi connectivity index (χ1n) is 8.15. The molecule has 136 valence electrons. The van der Waals surface area contributed by atoms with Crippen molar-refractivity contribution in [1.29, 1.82) is 0 Å². The van der Waals surface area contributed by atoms with Gasteiger partial charge in [0.05, 0.1) is 18.9 Å². The first-order valence-corrected chi connectivity index (χ1v) is 8.53. The van der Waals surface area contributed by atoms with Gasteiger partial charge in [0.25, 0.3) is 0 Å². The summed E-state index contributed by atoms with van der Waals surface area (Å²) in [5.41, 5.74) is 7.22. The average Bonchev–Trinajstić information content (AvgIpc) is 3.02. The van der Waals surface area contributed by atoms with Gasteiger partial charge in [-0.15, -0.1) is 17.5 Å². The van der Waals surface area contributed by atoms with Gasteiger partial charge in [-0.3, -0.25) is 4.79 Å². The maximum absolute atomic E-state index is 12.2. The highest BCUT2D eigenvalue weighted by Crippen LogP contribution is 2.20. The molecule has 1 fully saturated rings. The second-order valence-corrected chi connectivity index (χ2v) is 6.62. The average molecular weight is 385 g/mol. The van der Waals surface area contributed by atoms with Crippen LogP contribution in [0, 0.1) is 0 Å². The number of carbonyl (C=O) groups excluding carboxylic acids is 1. The predicted octanol–water partition coefficient (Wildman–Crippen LogP) is 3.02. The second kappa shape index (κ2) is 9.29. The molecule has 1 aliphatic rings. The zero-order chi connectivity index (χ0) is 16.9. The van der Waals surface area contributed by atoms with Crippen molar-refractivity contribution in [3.63, 3.8) is 0 Å². The molecule has 0 amide bonds. The van der Waals surface area contributed by atoms with E-state index in [1.165, 1.54) is 4.68 Å². The van der Waals surface area contributed by atoms with Crippen LogP contribution in [-0.2, 0) is 17.9 Å². The van der Waals surface area contributed by atoms with E-state index in [1.807, 2.05) is 0 Å². The molecule has 8 heteroatoms. The number of nitrogens with zero attached hydrogens (tertiary/aromatic N) is 3. The molecule has 0 bridgehead atoms. The van der Waals surface area contributed by atoms with E-state index >= 15 is 0 Å². The summed E-state index contributed by atoms with van der Waals surface area (Å²) in [6.07, 6.45) is 5.99. The summed E-state index contributed by atoms with van der Waals surface area (Å²) in [5.74, 6) is -0.0368. The van der Waals surface area contributed by atoms with E-state index in [9.17, 15) is 4.79 Å². The van der Waals surface area contributed by atoms with Crippen molar-refractivity contribution in [3.8, 4) is 0 Å². The number of carbonyl (C=O) groups is 1. The quantitative estimate of drug-likeness (QED) is 0.773. The van der Waals surface area contributed by atoms with Crippen LogP contribution in [0.3, 0.4) is 0 Å². The maximum Gasteiger partial charge on any atom is 0.184 e. The van der Waals surface area contributed by atoms with Crippen LogP contribution in [0.5, 0.6) is 0 Å². The Morgan fingerprint density at radius 3 is 2.60 bits per heavy atom. The number of nitrogens with two attached hydrogens (primary N) is 1. The van der Waals surface area contributed by atoms with Crippen molar-refractivity contribution >= 4 is 29.8 Å². The molecular weight excluding hydrogens is 363 g/mol. The van der Waals surface area contributed by atoms with E-state index in [4.69, 9.17) is 22.1 Å². The predicted molar refractivity (Wildman–Crippen MR) is 98.1 cm³/mol. The van der Waals surface area contributed by atoms with Crippen LogP contribution >= 0.6 is 24.0 Å². The van der Waals surface area contributed by atoms with E-state index < -0.39 is 0 Å². The number of hydrogen-bond donors (Lipinski definition) is 1. The molecule has 1 saturated carbocycles. The molecule has 2 N–H and O–H groups in total. The van der Waals surface area contributed by atoms with Gasteiger partial charge in [-0.05, 0) is 49.9 Å². The molecule has 0 spiro atoms. The second-order valence-electron chi connectivity index (χ2n) is 6.19. The minimum Gasteiger partial charge on any atom is -0.372 e. The van der Waals surface area contributed by atoms with Crippen molar-refractivity contribution in [2.24, 2.45) is 5.73 Å². The Labute approximate surface area is 158 Å². The van der Waals surface area contributed by atoms with Gasteiger partial charge in [0, 0.05) is 16.6 Å². The Morgan fingerprint density at radius 2 is 1.92 bits per heavy atom. The summed E-state index contributed by atoms with van der Waals surface area (Å²) in [6.45, 7) is 0.557. The van der Waals surface area contributed by atoms with Crippen LogP contribution in [0.25, 0.3) is 0 Å². The van der Waals surface area contributed by atoms with Crippen LogP contribution in [0.1, 0.15) is 41.7 Å². The fourth-order valence-electron chi connectivity index (χ4n) is 2.81. The normalized spacial score (nSPS) is 20.1. The first-order chi connectivity index (χ1) is 11.6. The molecule has 0 atom stereocenters. The van der Waals surface area contributed by atoms with Crippen molar-refractivity contribution in [2.45, 2.75) is 51.0 Å². The van der Waals surface area contributed by atoms with Crippen LogP contribution in [0.2, 0.25) is 5.02 Å². The zero-order valence-electron chi connectivity index (χ0n) is 13.8. The third-order valence-electron chi connectivity index (χ3n) is 4.24. The van der Waals surface area contributed by atoms with E-state index in [2.05, 4.69) is 10.3 Å². The number of rotatable bonds is 6.